The number of aliphatic hydroxyl groups is 1. The van der Waals surface area contributed by atoms with E-state index in [4.69, 9.17) is 4.74 Å². The standard InChI is InChI=1S/C20H19N3O7S/c1-30-12-3-5-13(6-4-12)31(28,29)22-11-2-7-14-15(10-11)20(27)23(19(14)26)16-8-9-17(24)21-18(16)25/h2-7,10,16,20,22,27H,8-9H2,1H3,(H,21,24,25). The molecule has 31 heavy (non-hydrogen) atoms. The highest BCUT2D eigenvalue weighted by molar-refractivity contribution is 7.92. The third-order valence-electron chi connectivity index (χ3n) is 5.23. The predicted molar refractivity (Wildman–Crippen MR) is 108 cm³/mol. The monoisotopic (exact) mass is 445 g/mol. The van der Waals surface area contributed by atoms with Crippen LogP contribution < -0.4 is 14.8 Å². The second kappa shape index (κ2) is 7.67. The van der Waals surface area contributed by atoms with E-state index in [1.165, 1.54) is 49.6 Å². The molecule has 1 saturated heterocycles. The van der Waals surface area contributed by atoms with E-state index in [9.17, 15) is 27.9 Å². The molecule has 3 amide bonds. The average Bonchev–Trinajstić information content (AvgIpc) is 2.98. The van der Waals surface area contributed by atoms with Crippen molar-refractivity contribution in [2.24, 2.45) is 0 Å². The highest BCUT2D eigenvalue weighted by Crippen LogP contribution is 2.37. The van der Waals surface area contributed by atoms with Gasteiger partial charge in [-0.2, -0.15) is 0 Å². The summed E-state index contributed by atoms with van der Waals surface area (Å²) in [6.45, 7) is 0. The number of rotatable bonds is 5. The van der Waals surface area contributed by atoms with Gasteiger partial charge in [0.1, 0.15) is 11.8 Å². The number of nitrogens with zero attached hydrogens (tertiary/aromatic N) is 1. The molecule has 2 heterocycles. The minimum atomic E-state index is -3.92. The summed E-state index contributed by atoms with van der Waals surface area (Å²) in [5, 5.41) is 12.9. The number of piperidine rings is 1. The fourth-order valence-corrected chi connectivity index (χ4v) is 4.71. The highest BCUT2D eigenvalue weighted by atomic mass is 32.2. The molecule has 0 aliphatic carbocycles. The Morgan fingerprint density at radius 3 is 2.48 bits per heavy atom. The van der Waals surface area contributed by atoms with Crippen LogP contribution in [0, 0.1) is 0 Å². The van der Waals surface area contributed by atoms with Gasteiger partial charge in [0.25, 0.3) is 15.9 Å². The Morgan fingerprint density at radius 2 is 1.84 bits per heavy atom. The largest absolute Gasteiger partial charge is 0.497 e. The lowest BCUT2D eigenvalue weighted by Gasteiger charge is -2.31. The second-order valence-electron chi connectivity index (χ2n) is 7.14. The number of benzene rings is 2. The predicted octanol–water partition coefficient (Wildman–Crippen LogP) is 0.748. The summed E-state index contributed by atoms with van der Waals surface area (Å²) in [6, 6.07) is 8.94. The molecule has 4 rings (SSSR count). The molecule has 1 fully saturated rings. The minimum absolute atomic E-state index is 0.00981. The minimum Gasteiger partial charge on any atom is -0.497 e. The van der Waals surface area contributed by atoms with Gasteiger partial charge in [-0.15, -0.1) is 0 Å². The van der Waals surface area contributed by atoms with Crippen LogP contribution in [0.2, 0.25) is 0 Å². The van der Waals surface area contributed by atoms with E-state index in [2.05, 4.69) is 10.0 Å². The van der Waals surface area contributed by atoms with Crippen molar-refractivity contribution in [2.45, 2.75) is 30.0 Å². The molecule has 11 heteroatoms. The summed E-state index contributed by atoms with van der Waals surface area (Å²) in [7, 11) is -2.45. The number of ether oxygens (including phenoxy) is 1. The lowest BCUT2D eigenvalue weighted by molar-refractivity contribution is -0.139. The molecule has 0 radical (unpaired) electrons. The SMILES string of the molecule is COc1ccc(S(=O)(=O)Nc2ccc3c(c2)C(O)N(C2CCC(=O)NC2=O)C3=O)cc1. The van der Waals surface area contributed by atoms with Crippen LogP contribution in [0.1, 0.15) is 35.0 Å². The van der Waals surface area contributed by atoms with Crippen molar-refractivity contribution in [2.75, 3.05) is 11.8 Å². The number of anilines is 1. The smallest absolute Gasteiger partial charge is 0.261 e. The fourth-order valence-electron chi connectivity index (χ4n) is 3.66. The number of nitrogens with one attached hydrogen (secondary N) is 2. The van der Waals surface area contributed by atoms with Gasteiger partial charge in [0.15, 0.2) is 6.23 Å². The first-order valence-corrected chi connectivity index (χ1v) is 10.8. The van der Waals surface area contributed by atoms with Gasteiger partial charge >= 0.3 is 0 Å². The van der Waals surface area contributed by atoms with Crippen LogP contribution in [-0.2, 0) is 19.6 Å². The normalized spacial score (nSPS) is 21.0. The van der Waals surface area contributed by atoms with Gasteiger partial charge in [0.2, 0.25) is 11.8 Å². The zero-order valence-electron chi connectivity index (χ0n) is 16.4. The number of imide groups is 1. The zero-order chi connectivity index (χ0) is 22.3. The summed E-state index contributed by atoms with van der Waals surface area (Å²) in [5.41, 5.74) is 0.473. The lowest BCUT2D eigenvalue weighted by Crippen LogP contribution is -2.53. The van der Waals surface area contributed by atoms with E-state index in [1.54, 1.807) is 0 Å². The third-order valence-corrected chi connectivity index (χ3v) is 6.62. The van der Waals surface area contributed by atoms with Crippen molar-refractivity contribution in [1.29, 1.82) is 0 Å². The van der Waals surface area contributed by atoms with Crippen molar-refractivity contribution in [3.8, 4) is 5.75 Å². The maximum Gasteiger partial charge on any atom is 0.261 e. The Hall–Kier alpha value is -3.44. The van der Waals surface area contributed by atoms with E-state index in [-0.39, 0.29) is 34.6 Å². The summed E-state index contributed by atoms with van der Waals surface area (Å²) < 4.78 is 32.7. The average molecular weight is 445 g/mol. The first-order chi connectivity index (χ1) is 14.7. The van der Waals surface area contributed by atoms with Crippen molar-refractivity contribution in [3.05, 3.63) is 53.6 Å². The van der Waals surface area contributed by atoms with E-state index >= 15 is 0 Å². The number of carbonyl (C=O) groups is 3. The molecule has 2 aromatic carbocycles. The molecule has 2 atom stereocenters. The zero-order valence-corrected chi connectivity index (χ0v) is 17.2. The molecule has 2 aliphatic rings. The highest BCUT2D eigenvalue weighted by Gasteiger charge is 2.44. The van der Waals surface area contributed by atoms with E-state index in [1.807, 2.05) is 0 Å². The maximum absolute atomic E-state index is 12.8. The molecule has 2 unspecified atom stereocenters. The Bertz CT molecular complexity index is 1180. The van der Waals surface area contributed by atoms with Crippen LogP contribution in [0.5, 0.6) is 5.75 Å². The van der Waals surface area contributed by atoms with Crippen LogP contribution in [0.15, 0.2) is 47.4 Å². The van der Waals surface area contributed by atoms with Crippen molar-refractivity contribution in [1.82, 2.24) is 10.2 Å². The first-order valence-electron chi connectivity index (χ1n) is 9.36. The van der Waals surface area contributed by atoms with Crippen LogP contribution in [0.4, 0.5) is 5.69 Å². The van der Waals surface area contributed by atoms with Gasteiger partial charge in [-0.05, 0) is 48.9 Å². The van der Waals surface area contributed by atoms with Gasteiger partial charge in [-0.3, -0.25) is 29.3 Å². The van der Waals surface area contributed by atoms with Crippen LogP contribution in [0.25, 0.3) is 0 Å². The Morgan fingerprint density at radius 1 is 1.13 bits per heavy atom. The molecular weight excluding hydrogens is 426 g/mol. The van der Waals surface area contributed by atoms with Crippen molar-refractivity contribution >= 4 is 33.4 Å². The van der Waals surface area contributed by atoms with Crippen molar-refractivity contribution < 1.29 is 32.6 Å². The second-order valence-corrected chi connectivity index (χ2v) is 8.82. The van der Waals surface area contributed by atoms with Crippen LogP contribution in [0.3, 0.4) is 0 Å². The number of methoxy groups -OCH3 is 1. The number of aliphatic hydroxyl groups excluding tert-OH is 1. The Kier molecular flexibility index (Phi) is 5.15. The molecular formula is C20H19N3O7S. The number of hydrogen-bond donors (Lipinski definition) is 3. The van der Waals surface area contributed by atoms with Crippen molar-refractivity contribution in [3.63, 3.8) is 0 Å². The Labute approximate surface area is 177 Å². The summed E-state index contributed by atoms with van der Waals surface area (Å²) in [5.74, 6) is -1.15. The lowest BCUT2D eigenvalue weighted by atomic mass is 10.0. The molecule has 0 aromatic heterocycles. The molecule has 2 aromatic rings. The third kappa shape index (κ3) is 3.73. The van der Waals surface area contributed by atoms with E-state index in [0.717, 1.165) is 4.90 Å². The van der Waals surface area contributed by atoms with Gasteiger partial charge in [0, 0.05) is 23.2 Å². The summed E-state index contributed by atoms with van der Waals surface area (Å²) >= 11 is 0. The fraction of sp³-hybridized carbons (Fsp3) is 0.250. The first kappa shape index (κ1) is 20.8. The molecule has 162 valence electrons. The van der Waals surface area contributed by atoms with Gasteiger partial charge in [-0.25, -0.2) is 8.42 Å². The molecule has 10 nitrogen and oxygen atoms in total. The van der Waals surface area contributed by atoms with Gasteiger partial charge in [0.05, 0.1) is 12.0 Å². The van der Waals surface area contributed by atoms with E-state index in [0.29, 0.717) is 5.75 Å². The summed E-state index contributed by atoms with van der Waals surface area (Å²) in [6.07, 6.45) is -1.30. The number of amides is 3. The van der Waals surface area contributed by atoms with Crippen LogP contribution >= 0.6 is 0 Å². The molecule has 2 aliphatic heterocycles. The van der Waals surface area contributed by atoms with Crippen LogP contribution in [-0.4, -0.2) is 49.3 Å². The number of carbonyl (C=O) groups excluding carboxylic acids is 3. The number of fused-ring (bicyclic) bond motifs is 1. The molecule has 0 bridgehead atoms. The molecule has 0 spiro atoms. The molecule has 0 saturated carbocycles. The Balaban J connectivity index is 1.59. The number of sulfonamides is 1. The molecule has 3 N–H and O–H groups in total. The maximum atomic E-state index is 12.8. The summed E-state index contributed by atoms with van der Waals surface area (Å²) in [4.78, 5) is 37.3. The number of hydrogen-bond acceptors (Lipinski definition) is 7. The van der Waals surface area contributed by atoms with Gasteiger partial charge < -0.3 is 9.84 Å². The topological polar surface area (TPSA) is 142 Å². The quantitative estimate of drug-likeness (QED) is 0.577. The van der Waals surface area contributed by atoms with E-state index < -0.39 is 40.0 Å². The van der Waals surface area contributed by atoms with Gasteiger partial charge in [-0.1, -0.05) is 0 Å².